The van der Waals surface area contributed by atoms with Crippen LogP contribution in [0.25, 0.3) is 0 Å². The van der Waals surface area contributed by atoms with Crippen molar-refractivity contribution in [3.05, 3.63) is 74.3 Å². The lowest BCUT2D eigenvalue weighted by molar-refractivity contribution is -0.393. The van der Waals surface area contributed by atoms with E-state index in [-0.39, 0.29) is 11.4 Å². The van der Waals surface area contributed by atoms with E-state index in [0.29, 0.717) is 18.8 Å². The van der Waals surface area contributed by atoms with Gasteiger partial charge in [-0.1, -0.05) is 30.3 Å². The number of hydrogen-bond acceptors (Lipinski definition) is 6. The molecule has 3 rings (SSSR count). The Kier molecular flexibility index (Phi) is 5.43. The molecule has 1 aliphatic heterocycles. The fourth-order valence-corrected chi connectivity index (χ4v) is 3.25. The molecule has 0 bridgehead atoms. The van der Waals surface area contributed by atoms with Gasteiger partial charge in [0.25, 0.3) is 11.4 Å². The number of non-ortho nitro benzene ring substituents is 1. The second-order valence-corrected chi connectivity index (χ2v) is 6.29. The van der Waals surface area contributed by atoms with Crippen LogP contribution in [0.1, 0.15) is 12.0 Å². The summed E-state index contributed by atoms with van der Waals surface area (Å²) < 4.78 is 0. The van der Waals surface area contributed by atoms with Gasteiger partial charge in [0.1, 0.15) is 5.69 Å². The summed E-state index contributed by atoms with van der Waals surface area (Å²) in [6.07, 6.45) is 0.876. The summed E-state index contributed by atoms with van der Waals surface area (Å²) in [6, 6.07) is 14.1. The van der Waals surface area contributed by atoms with Gasteiger partial charge in [-0.2, -0.15) is 0 Å². The quantitative estimate of drug-likeness (QED) is 0.603. The molecule has 8 nitrogen and oxygen atoms in total. The fourth-order valence-electron chi connectivity index (χ4n) is 3.25. The van der Waals surface area contributed by atoms with Crippen LogP contribution in [0.15, 0.2) is 48.5 Å². The summed E-state index contributed by atoms with van der Waals surface area (Å²) in [5.74, 6) is 0. The first kappa shape index (κ1) is 17.8. The van der Waals surface area contributed by atoms with E-state index >= 15 is 0 Å². The van der Waals surface area contributed by atoms with Crippen molar-refractivity contribution in [2.45, 2.75) is 13.0 Å². The van der Waals surface area contributed by atoms with Crippen LogP contribution in [0.4, 0.5) is 17.1 Å². The van der Waals surface area contributed by atoms with Gasteiger partial charge in [-0.25, -0.2) is 0 Å². The van der Waals surface area contributed by atoms with Crippen molar-refractivity contribution in [1.82, 2.24) is 4.90 Å². The Morgan fingerprint density at radius 3 is 2.35 bits per heavy atom. The van der Waals surface area contributed by atoms with Gasteiger partial charge in [-0.05, 0) is 18.1 Å². The topological polar surface area (TPSA) is 92.8 Å². The lowest BCUT2D eigenvalue weighted by atomic mass is 10.2. The van der Waals surface area contributed by atoms with Crippen molar-refractivity contribution in [2.75, 3.05) is 31.1 Å². The molecule has 8 heteroatoms. The largest absolute Gasteiger partial charge is 0.365 e. The highest BCUT2D eigenvalue weighted by atomic mass is 16.6. The fraction of sp³-hybridized carbons (Fsp3) is 0.333. The molecule has 26 heavy (non-hydrogen) atoms. The standard InChI is InChI=1S/C18H20N4O4/c23-21(24)16-7-8-17(18(13-16)22(25)26)20-10-4-9-19(11-12-20)14-15-5-2-1-3-6-15/h1-3,5-8,13H,4,9-12,14H2. The molecule has 0 amide bonds. The second-order valence-electron chi connectivity index (χ2n) is 6.29. The summed E-state index contributed by atoms with van der Waals surface area (Å²) in [7, 11) is 0. The zero-order valence-corrected chi connectivity index (χ0v) is 14.3. The molecule has 2 aromatic carbocycles. The van der Waals surface area contributed by atoms with Crippen LogP contribution in [-0.4, -0.2) is 40.9 Å². The van der Waals surface area contributed by atoms with E-state index in [9.17, 15) is 20.2 Å². The summed E-state index contributed by atoms with van der Waals surface area (Å²) in [6.45, 7) is 3.86. The van der Waals surface area contributed by atoms with Gasteiger partial charge in [0.2, 0.25) is 0 Å². The third-order valence-electron chi connectivity index (χ3n) is 4.54. The SMILES string of the molecule is O=[N+]([O-])c1ccc(N2CCCN(Cc3ccccc3)CC2)c([N+](=O)[O-])c1. The monoisotopic (exact) mass is 356 g/mol. The minimum atomic E-state index is -0.610. The molecule has 0 aliphatic carbocycles. The van der Waals surface area contributed by atoms with E-state index in [4.69, 9.17) is 0 Å². The Morgan fingerprint density at radius 2 is 1.65 bits per heavy atom. The van der Waals surface area contributed by atoms with E-state index in [0.717, 1.165) is 32.1 Å². The number of nitro benzene ring substituents is 2. The van der Waals surface area contributed by atoms with E-state index in [1.54, 1.807) is 0 Å². The Hall–Kier alpha value is -3.00. The van der Waals surface area contributed by atoms with Crippen molar-refractivity contribution in [2.24, 2.45) is 0 Å². The van der Waals surface area contributed by atoms with Gasteiger partial charge < -0.3 is 4.90 Å². The Balaban J connectivity index is 1.74. The Labute approximate surface area is 150 Å². The van der Waals surface area contributed by atoms with Crippen LogP contribution in [0.2, 0.25) is 0 Å². The average molecular weight is 356 g/mol. The molecule has 1 aliphatic rings. The molecule has 1 fully saturated rings. The number of rotatable bonds is 5. The Bertz CT molecular complexity index is 797. The molecular weight excluding hydrogens is 336 g/mol. The van der Waals surface area contributed by atoms with E-state index in [2.05, 4.69) is 17.0 Å². The number of hydrogen-bond donors (Lipinski definition) is 0. The van der Waals surface area contributed by atoms with Crippen LogP contribution in [0, 0.1) is 20.2 Å². The minimum absolute atomic E-state index is 0.212. The predicted octanol–water partition coefficient (Wildman–Crippen LogP) is 3.22. The van der Waals surface area contributed by atoms with Crippen molar-refractivity contribution < 1.29 is 9.85 Å². The summed E-state index contributed by atoms with van der Waals surface area (Å²) >= 11 is 0. The molecule has 0 N–H and O–H groups in total. The maximum absolute atomic E-state index is 11.4. The second kappa shape index (κ2) is 7.92. The van der Waals surface area contributed by atoms with Gasteiger partial charge in [0, 0.05) is 38.8 Å². The third-order valence-corrected chi connectivity index (χ3v) is 4.54. The van der Waals surface area contributed by atoms with Crippen molar-refractivity contribution in [3.8, 4) is 0 Å². The van der Waals surface area contributed by atoms with E-state index in [1.165, 1.54) is 17.7 Å². The average Bonchev–Trinajstić information content (AvgIpc) is 2.87. The first-order valence-corrected chi connectivity index (χ1v) is 8.48. The highest BCUT2D eigenvalue weighted by Gasteiger charge is 2.25. The minimum Gasteiger partial charge on any atom is -0.365 e. The first-order valence-electron chi connectivity index (χ1n) is 8.48. The normalized spacial score (nSPS) is 15.5. The number of nitrogens with zero attached hydrogens (tertiary/aromatic N) is 4. The molecule has 0 saturated carbocycles. The smallest absolute Gasteiger partial charge is 0.299 e. The molecule has 0 spiro atoms. The van der Waals surface area contributed by atoms with Crippen molar-refractivity contribution in [3.63, 3.8) is 0 Å². The van der Waals surface area contributed by atoms with Gasteiger partial charge >= 0.3 is 0 Å². The molecule has 1 saturated heterocycles. The summed E-state index contributed by atoms with van der Waals surface area (Å²) in [4.78, 5) is 25.4. The molecule has 1 heterocycles. The molecule has 0 aromatic heterocycles. The van der Waals surface area contributed by atoms with E-state index in [1.807, 2.05) is 23.1 Å². The van der Waals surface area contributed by atoms with Gasteiger partial charge in [0.05, 0.1) is 15.9 Å². The van der Waals surface area contributed by atoms with Crippen molar-refractivity contribution >= 4 is 17.1 Å². The van der Waals surface area contributed by atoms with Gasteiger partial charge in [-0.15, -0.1) is 0 Å². The van der Waals surface area contributed by atoms with Crippen LogP contribution in [0.3, 0.4) is 0 Å². The predicted molar refractivity (Wildman–Crippen MR) is 98.3 cm³/mol. The first-order chi connectivity index (χ1) is 12.5. The molecule has 0 unspecified atom stereocenters. The molecule has 0 radical (unpaired) electrons. The number of nitro groups is 2. The zero-order chi connectivity index (χ0) is 18.5. The summed E-state index contributed by atoms with van der Waals surface area (Å²) in [5, 5.41) is 22.3. The lowest BCUT2D eigenvalue weighted by Crippen LogP contribution is -2.30. The molecule has 0 atom stereocenters. The van der Waals surface area contributed by atoms with Crippen LogP contribution >= 0.6 is 0 Å². The third kappa shape index (κ3) is 4.15. The molecular formula is C18H20N4O4. The maximum Gasteiger partial charge on any atom is 0.299 e. The highest BCUT2D eigenvalue weighted by Crippen LogP contribution is 2.32. The van der Waals surface area contributed by atoms with Crippen LogP contribution in [0.5, 0.6) is 0 Å². The maximum atomic E-state index is 11.4. The van der Waals surface area contributed by atoms with Gasteiger partial charge in [0.15, 0.2) is 0 Å². The van der Waals surface area contributed by atoms with Gasteiger partial charge in [-0.3, -0.25) is 25.1 Å². The number of benzene rings is 2. The highest BCUT2D eigenvalue weighted by molar-refractivity contribution is 5.66. The molecule has 136 valence electrons. The Morgan fingerprint density at radius 1 is 0.885 bits per heavy atom. The van der Waals surface area contributed by atoms with Crippen molar-refractivity contribution in [1.29, 1.82) is 0 Å². The number of anilines is 1. The molecule has 2 aromatic rings. The zero-order valence-electron chi connectivity index (χ0n) is 14.3. The van der Waals surface area contributed by atoms with Crippen LogP contribution in [-0.2, 0) is 6.54 Å². The summed E-state index contributed by atoms with van der Waals surface area (Å²) in [5.41, 5.74) is 1.21. The lowest BCUT2D eigenvalue weighted by Gasteiger charge is -2.23. The van der Waals surface area contributed by atoms with Crippen LogP contribution < -0.4 is 4.90 Å². The van der Waals surface area contributed by atoms with E-state index < -0.39 is 9.85 Å².